The molecule has 0 fully saturated rings. The highest BCUT2D eigenvalue weighted by Gasteiger charge is 2.09. The van der Waals surface area contributed by atoms with Crippen LogP contribution in [0.3, 0.4) is 0 Å². The molecule has 3 rings (SSSR count). The summed E-state index contributed by atoms with van der Waals surface area (Å²) in [6.45, 7) is 0. The molecule has 0 saturated heterocycles. The Kier molecular flexibility index (Phi) is 3.31. The summed E-state index contributed by atoms with van der Waals surface area (Å²) in [5.41, 5.74) is 1.53. The Hall–Kier alpha value is -2.46. The van der Waals surface area contributed by atoms with Crippen LogP contribution in [0.15, 0.2) is 65.7 Å². The molecule has 98 valence electrons. The summed E-state index contributed by atoms with van der Waals surface area (Å²) in [6, 6.07) is 16.2. The average molecular weight is 284 g/mol. The van der Waals surface area contributed by atoms with Crippen LogP contribution in [0.1, 0.15) is 0 Å². The number of aromatic nitrogens is 3. The molecular weight excluding hydrogens is 274 g/mol. The maximum atomic E-state index is 12.5. The molecule has 0 atom stereocenters. The molecule has 4 nitrogen and oxygen atoms in total. The number of halogens is 1. The summed E-state index contributed by atoms with van der Waals surface area (Å²) in [6.07, 6.45) is 1.37. The number of nitrogens with zero attached hydrogens (tertiary/aromatic N) is 3. The van der Waals surface area contributed by atoms with Crippen molar-refractivity contribution < 1.29 is 0 Å². The van der Waals surface area contributed by atoms with Crippen LogP contribution >= 0.6 is 11.6 Å². The van der Waals surface area contributed by atoms with Crippen LogP contribution in [-0.4, -0.2) is 14.8 Å². The molecule has 1 aromatic heterocycles. The third-order valence-electron chi connectivity index (χ3n) is 2.87. The van der Waals surface area contributed by atoms with E-state index in [1.165, 1.54) is 11.0 Å². The molecule has 20 heavy (non-hydrogen) atoms. The fourth-order valence-electron chi connectivity index (χ4n) is 1.90. The minimum absolute atomic E-state index is 0.263. The van der Waals surface area contributed by atoms with E-state index in [1.807, 2.05) is 30.3 Å². The van der Waals surface area contributed by atoms with Crippen molar-refractivity contribution in [2.24, 2.45) is 0 Å². The lowest BCUT2D eigenvalue weighted by Gasteiger charge is -2.06. The highest BCUT2D eigenvalue weighted by Crippen LogP contribution is 2.14. The Bertz CT molecular complexity index is 782. The van der Waals surface area contributed by atoms with Crippen molar-refractivity contribution in [3.05, 3.63) is 76.3 Å². The third kappa shape index (κ3) is 2.33. The maximum absolute atomic E-state index is 12.5. The van der Waals surface area contributed by atoms with Gasteiger partial charge in [-0.2, -0.15) is 9.78 Å². The lowest BCUT2D eigenvalue weighted by Crippen LogP contribution is -2.23. The number of hydrogen-bond donors (Lipinski definition) is 0. The van der Waals surface area contributed by atoms with Gasteiger partial charge in [0.15, 0.2) is 0 Å². The molecule has 0 N–H and O–H groups in total. The van der Waals surface area contributed by atoms with E-state index in [2.05, 4.69) is 10.1 Å². The summed E-state index contributed by atoms with van der Waals surface area (Å²) in [5.74, 6) is 0. The smallest absolute Gasteiger partial charge is 0.265 e. The van der Waals surface area contributed by atoms with Gasteiger partial charge in [0.2, 0.25) is 0 Å². The Morgan fingerprint density at radius 1 is 0.950 bits per heavy atom. The van der Waals surface area contributed by atoms with Crippen LogP contribution < -0.4 is 5.56 Å². The van der Waals surface area contributed by atoms with Gasteiger partial charge in [-0.25, -0.2) is 4.98 Å². The van der Waals surface area contributed by atoms with Crippen molar-refractivity contribution in [1.29, 1.82) is 0 Å². The second-order valence-corrected chi connectivity index (χ2v) is 4.60. The molecule has 1 heterocycles. The molecule has 0 unspecified atom stereocenters. The first-order valence-corrected chi connectivity index (χ1v) is 6.39. The zero-order valence-electron chi connectivity index (χ0n) is 10.4. The summed E-state index contributed by atoms with van der Waals surface area (Å²) in [5, 5.41) is 4.62. The van der Waals surface area contributed by atoms with Gasteiger partial charge >= 0.3 is 0 Å². The monoisotopic (exact) mass is 283 g/mol. The molecule has 0 aliphatic carbocycles. The lowest BCUT2D eigenvalue weighted by atomic mass is 10.2. The summed E-state index contributed by atoms with van der Waals surface area (Å²) >= 11 is 5.85. The first-order chi connectivity index (χ1) is 9.75. The molecule has 0 spiro atoms. The van der Waals surface area contributed by atoms with E-state index >= 15 is 0 Å². The van der Waals surface area contributed by atoms with Gasteiger partial charge in [0.25, 0.3) is 5.56 Å². The zero-order chi connectivity index (χ0) is 13.9. The quantitative estimate of drug-likeness (QED) is 0.726. The van der Waals surface area contributed by atoms with E-state index in [4.69, 9.17) is 11.6 Å². The van der Waals surface area contributed by atoms with Gasteiger partial charge in [0, 0.05) is 10.6 Å². The van der Waals surface area contributed by atoms with Crippen molar-refractivity contribution in [3.63, 3.8) is 0 Å². The third-order valence-corrected chi connectivity index (χ3v) is 3.12. The Labute approximate surface area is 120 Å². The largest absolute Gasteiger partial charge is 0.298 e. The predicted octanol–water partition coefficient (Wildman–Crippen LogP) is 2.95. The second-order valence-electron chi connectivity index (χ2n) is 4.17. The molecule has 2 aromatic carbocycles. The van der Waals surface area contributed by atoms with Crippen molar-refractivity contribution in [1.82, 2.24) is 14.8 Å². The highest BCUT2D eigenvalue weighted by atomic mass is 35.5. The first-order valence-electron chi connectivity index (χ1n) is 6.01. The fourth-order valence-corrected chi connectivity index (χ4v) is 2.03. The molecule has 0 aliphatic rings. The minimum Gasteiger partial charge on any atom is -0.265 e. The van der Waals surface area contributed by atoms with Gasteiger partial charge in [-0.3, -0.25) is 4.79 Å². The molecular formula is C15H10ClN3O. The van der Waals surface area contributed by atoms with Crippen LogP contribution in [0.4, 0.5) is 0 Å². The van der Waals surface area contributed by atoms with Gasteiger partial charge in [0.05, 0.1) is 5.69 Å². The van der Waals surface area contributed by atoms with Crippen LogP contribution in [0.25, 0.3) is 16.9 Å². The van der Waals surface area contributed by atoms with Crippen molar-refractivity contribution >= 4 is 11.6 Å². The van der Waals surface area contributed by atoms with Crippen molar-refractivity contribution in [2.75, 3.05) is 0 Å². The van der Waals surface area contributed by atoms with Crippen LogP contribution in [0, 0.1) is 0 Å². The number of hydrogen-bond acceptors (Lipinski definition) is 3. The van der Waals surface area contributed by atoms with E-state index in [1.54, 1.807) is 24.3 Å². The summed E-state index contributed by atoms with van der Waals surface area (Å²) in [7, 11) is 0. The minimum atomic E-state index is -0.263. The maximum Gasteiger partial charge on any atom is 0.298 e. The van der Waals surface area contributed by atoms with Crippen LogP contribution in [0.5, 0.6) is 0 Å². The van der Waals surface area contributed by atoms with Gasteiger partial charge < -0.3 is 0 Å². The lowest BCUT2D eigenvalue weighted by molar-refractivity contribution is 0.782. The normalized spacial score (nSPS) is 10.4. The van der Waals surface area contributed by atoms with Gasteiger partial charge in [0.1, 0.15) is 12.0 Å². The Balaban J connectivity index is 2.15. The molecule has 0 bridgehead atoms. The van der Waals surface area contributed by atoms with Gasteiger partial charge in [-0.1, -0.05) is 41.9 Å². The fraction of sp³-hybridized carbons (Fsp3) is 0. The van der Waals surface area contributed by atoms with E-state index in [-0.39, 0.29) is 5.56 Å². The molecule has 0 saturated carbocycles. The molecule has 0 amide bonds. The molecule has 3 aromatic rings. The summed E-state index contributed by atoms with van der Waals surface area (Å²) < 4.78 is 1.31. The SMILES string of the molecule is O=c1c(-c2ccccc2)ncnn1-c1ccc(Cl)cc1. The van der Waals surface area contributed by atoms with Gasteiger partial charge in [-0.05, 0) is 24.3 Å². The van der Waals surface area contributed by atoms with E-state index < -0.39 is 0 Å². The molecule has 0 aliphatic heterocycles. The van der Waals surface area contributed by atoms with E-state index in [9.17, 15) is 4.79 Å². The Morgan fingerprint density at radius 3 is 2.35 bits per heavy atom. The average Bonchev–Trinajstić information content (AvgIpc) is 2.49. The molecule has 0 radical (unpaired) electrons. The summed E-state index contributed by atoms with van der Waals surface area (Å²) in [4.78, 5) is 16.5. The van der Waals surface area contributed by atoms with Crippen molar-refractivity contribution in [2.45, 2.75) is 0 Å². The predicted molar refractivity (Wildman–Crippen MR) is 78.1 cm³/mol. The topological polar surface area (TPSA) is 47.8 Å². The standard InChI is InChI=1S/C15H10ClN3O/c16-12-6-8-13(9-7-12)19-15(20)14(17-10-18-19)11-4-2-1-3-5-11/h1-10H. The zero-order valence-corrected chi connectivity index (χ0v) is 11.2. The first kappa shape index (κ1) is 12.6. The van der Waals surface area contributed by atoms with Gasteiger partial charge in [-0.15, -0.1) is 0 Å². The number of benzene rings is 2. The second kappa shape index (κ2) is 5.27. The highest BCUT2D eigenvalue weighted by molar-refractivity contribution is 6.30. The van der Waals surface area contributed by atoms with E-state index in [0.29, 0.717) is 16.4 Å². The van der Waals surface area contributed by atoms with Crippen LogP contribution in [-0.2, 0) is 0 Å². The number of rotatable bonds is 2. The van der Waals surface area contributed by atoms with Crippen LogP contribution in [0.2, 0.25) is 5.02 Å². The van der Waals surface area contributed by atoms with Crippen molar-refractivity contribution in [3.8, 4) is 16.9 Å². The van der Waals surface area contributed by atoms with E-state index in [0.717, 1.165) is 5.56 Å². The Morgan fingerprint density at radius 2 is 1.65 bits per heavy atom. The molecule has 5 heteroatoms.